The van der Waals surface area contributed by atoms with Gasteiger partial charge in [-0.1, -0.05) is 20.9 Å². The largest absolute Gasteiger partial charge is 0.384 e. The third kappa shape index (κ3) is 3.90. The van der Waals surface area contributed by atoms with Crippen molar-refractivity contribution < 1.29 is 9.18 Å². The number of carbonyl (C=O) groups is 1. The highest BCUT2D eigenvalue weighted by molar-refractivity contribution is 7.63. The summed E-state index contributed by atoms with van der Waals surface area (Å²) in [5.74, 6) is -0.283. The summed E-state index contributed by atoms with van der Waals surface area (Å²) >= 11 is 0. The van der Waals surface area contributed by atoms with Crippen LogP contribution in [0, 0.1) is 5.82 Å². The number of pyridine rings is 1. The van der Waals surface area contributed by atoms with E-state index in [1.54, 1.807) is 29.8 Å². The Morgan fingerprint density at radius 3 is 2.68 bits per heavy atom. The summed E-state index contributed by atoms with van der Waals surface area (Å²) in [5.41, 5.74) is 8.88. The minimum atomic E-state index is -0.436. The molecular formula is C20H23FN5OP. The molecule has 0 saturated carbocycles. The lowest BCUT2D eigenvalue weighted by atomic mass is 10.1. The summed E-state index contributed by atoms with van der Waals surface area (Å²) in [6.07, 6.45) is 1.73. The fraction of sp³-hybridized carbons (Fsp3) is 0.250. The first kappa shape index (κ1) is 20.0. The molecule has 3 N–H and O–H groups in total. The fourth-order valence-corrected chi connectivity index (χ4v) is 3.97. The van der Waals surface area contributed by atoms with Crippen molar-refractivity contribution in [3.8, 4) is 11.3 Å². The normalized spacial score (nSPS) is 11.1. The van der Waals surface area contributed by atoms with Gasteiger partial charge >= 0.3 is 0 Å². The van der Waals surface area contributed by atoms with Crippen LogP contribution in [0.1, 0.15) is 23.7 Å². The Hall–Kier alpha value is -2.79. The lowest BCUT2D eigenvalue weighted by Gasteiger charge is -2.13. The van der Waals surface area contributed by atoms with Crippen LogP contribution < -0.4 is 16.5 Å². The molecular weight excluding hydrogens is 376 g/mol. The van der Waals surface area contributed by atoms with E-state index in [1.807, 2.05) is 13.1 Å². The van der Waals surface area contributed by atoms with Crippen molar-refractivity contribution in [2.75, 3.05) is 24.4 Å². The smallest absolute Gasteiger partial charge is 0.166 e. The molecule has 2 aromatic heterocycles. The van der Waals surface area contributed by atoms with Gasteiger partial charge in [0, 0.05) is 31.3 Å². The molecule has 28 heavy (non-hydrogen) atoms. The van der Waals surface area contributed by atoms with Crippen molar-refractivity contribution >= 4 is 36.3 Å². The SMILES string of the molecule is CCC(=O)c1cnc(N)cc1Nc1cccc(-c2cc(P(C)C)n(C)n2)c1F. The van der Waals surface area contributed by atoms with Crippen molar-refractivity contribution in [3.05, 3.63) is 47.9 Å². The molecule has 0 aliphatic carbocycles. The summed E-state index contributed by atoms with van der Waals surface area (Å²) in [6.45, 7) is 6.02. The van der Waals surface area contributed by atoms with Crippen molar-refractivity contribution in [1.82, 2.24) is 14.8 Å². The molecule has 0 saturated heterocycles. The number of carbonyl (C=O) groups excluding carboxylic acids is 1. The average molecular weight is 399 g/mol. The quantitative estimate of drug-likeness (QED) is 0.485. The van der Waals surface area contributed by atoms with E-state index < -0.39 is 5.82 Å². The maximum atomic E-state index is 15.3. The number of benzene rings is 1. The topological polar surface area (TPSA) is 85.8 Å². The minimum Gasteiger partial charge on any atom is -0.384 e. The second kappa shape index (κ2) is 8.07. The first-order valence-electron chi connectivity index (χ1n) is 8.87. The second-order valence-corrected chi connectivity index (χ2v) is 8.88. The molecule has 0 spiro atoms. The van der Waals surface area contributed by atoms with Gasteiger partial charge < -0.3 is 11.1 Å². The molecule has 0 unspecified atom stereocenters. The lowest BCUT2D eigenvalue weighted by Crippen LogP contribution is -2.10. The number of halogens is 1. The van der Waals surface area contributed by atoms with Crippen LogP contribution >= 0.6 is 7.92 Å². The van der Waals surface area contributed by atoms with E-state index in [2.05, 4.69) is 28.7 Å². The van der Waals surface area contributed by atoms with Crippen molar-refractivity contribution in [3.63, 3.8) is 0 Å². The van der Waals surface area contributed by atoms with E-state index in [-0.39, 0.29) is 25.2 Å². The molecule has 3 rings (SSSR count). The zero-order chi connectivity index (χ0) is 20.4. The Labute approximate surface area is 164 Å². The summed E-state index contributed by atoms with van der Waals surface area (Å²) in [7, 11) is 1.51. The number of nitrogen functional groups attached to an aromatic ring is 1. The number of aryl methyl sites for hydroxylation is 1. The number of nitrogens with zero attached hydrogens (tertiary/aromatic N) is 3. The molecule has 0 fully saturated rings. The van der Waals surface area contributed by atoms with Gasteiger partial charge in [-0.05, 0) is 31.5 Å². The summed E-state index contributed by atoms with van der Waals surface area (Å²) in [5, 5.41) is 7.47. The molecule has 1 aromatic carbocycles. The second-order valence-electron chi connectivity index (χ2n) is 6.63. The third-order valence-electron chi connectivity index (χ3n) is 4.40. The molecule has 6 nitrogen and oxygen atoms in total. The Morgan fingerprint density at radius 2 is 2.04 bits per heavy atom. The van der Waals surface area contributed by atoms with Gasteiger partial charge in [-0.25, -0.2) is 9.37 Å². The molecule has 8 heteroatoms. The number of nitrogens with one attached hydrogen (secondary N) is 1. The highest BCUT2D eigenvalue weighted by Gasteiger charge is 2.17. The molecule has 0 bridgehead atoms. The first-order valence-corrected chi connectivity index (χ1v) is 11.1. The number of rotatable bonds is 6. The van der Waals surface area contributed by atoms with Crippen LogP contribution in [0.2, 0.25) is 0 Å². The van der Waals surface area contributed by atoms with E-state index >= 15 is 4.39 Å². The van der Waals surface area contributed by atoms with E-state index in [4.69, 9.17) is 5.73 Å². The van der Waals surface area contributed by atoms with E-state index in [1.165, 1.54) is 12.3 Å². The number of ketones is 1. The van der Waals surface area contributed by atoms with E-state index in [0.29, 0.717) is 28.9 Å². The Balaban J connectivity index is 2.02. The minimum absolute atomic E-state index is 0.0971. The fourth-order valence-electron chi connectivity index (χ4n) is 2.97. The molecule has 0 aliphatic heterocycles. The summed E-state index contributed by atoms with van der Waals surface area (Å²) < 4.78 is 17.1. The zero-order valence-corrected chi connectivity index (χ0v) is 17.2. The van der Waals surface area contributed by atoms with Crippen LogP contribution in [0.15, 0.2) is 36.5 Å². The molecule has 146 valence electrons. The van der Waals surface area contributed by atoms with E-state index in [9.17, 15) is 4.79 Å². The third-order valence-corrected chi connectivity index (χ3v) is 5.74. The van der Waals surface area contributed by atoms with Crippen LogP contribution in [0.4, 0.5) is 21.6 Å². The number of nitrogens with two attached hydrogens (primary N) is 1. The Kier molecular flexibility index (Phi) is 5.75. The molecule has 0 radical (unpaired) electrons. The number of hydrogen-bond acceptors (Lipinski definition) is 5. The van der Waals surface area contributed by atoms with Crippen LogP contribution in [-0.4, -0.2) is 33.9 Å². The number of hydrogen-bond donors (Lipinski definition) is 2. The van der Waals surface area contributed by atoms with Gasteiger partial charge in [-0.3, -0.25) is 9.48 Å². The van der Waals surface area contributed by atoms with Crippen molar-refractivity contribution in [2.45, 2.75) is 13.3 Å². The molecule has 3 aromatic rings. The lowest BCUT2D eigenvalue weighted by molar-refractivity contribution is 0.0988. The highest BCUT2D eigenvalue weighted by Crippen LogP contribution is 2.32. The van der Waals surface area contributed by atoms with Crippen LogP contribution in [-0.2, 0) is 7.05 Å². The Bertz CT molecular complexity index is 1030. The van der Waals surface area contributed by atoms with Crippen molar-refractivity contribution in [1.29, 1.82) is 0 Å². The standard InChI is InChI=1S/C20H23FN5OP/c1-5-17(27)13-11-23-18(22)9-15(13)24-14-8-6-7-12(20(14)21)16-10-19(28(3)4)26(2)25-16/h6-11H,5H2,1-4H3,(H3,22,23,24). The first-order chi connectivity index (χ1) is 13.3. The molecule has 0 atom stereocenters. The van der Waals surface area contributed by atoms with Gasteiger partial charge in [0.2, 0.25) is 0 Å². The van der Waals surface area contributed by atoms with Crippen LogP contribution in [0.3, 0.4) is 0 Å². The van der Waals surface area contributed by atoms with Gasteiger partial charge in [0.25, 0.3) is 0 Å². The highest BCUT2D eigenvalue weighted by atomic mass is 31.1. The Morgan fingerprint density at radius 1 is 1.29 bits per heavy atom. The molecule has 0 amide bonds. The predicted molar refractivity (Wildman–Crippen MR) is 114 cm³/mol. The van der Waals surface area contributed by atoms with Gasteiger partial charge in [-0.15, -0.1) is 0 Å². The van der Waals surface area contributed by atoms with Gasteiger partial charge in [0.15, 0.2) is 11.6 Å². The van der Waals surface area contributed by atoms with Gasteiger partial charge in [0.05, 0.1) is 28.1 Å². The predicted octanol–water partition coefficient (Wildman–Crippen LogP) is 3.91. The van der Waals surface area contributed by atoms with Crippen molar-refractivity contribution in [2.24, 2.45) is 7.05 Å². The number of anilines is 3. The van der Waals surface area contributed by atoms with Gasteiger partial charge in [0.1, 0.15) is 5.82 Å². The summed E-state index contributed by atoms with van der Waals surface area (Å²) in [6, 6.07) is 8.52. The monoisotopic (exact) mass is 399 g/mol. The molecule has 2 heterocycles. The van der Waals surface area contributed by atoms with E-state index in [0.717, 1.165) is 5.44 Å². The van der Waals surface area contributed by atoms with Crippen LogP contribution in [0.25, 0.3) is 11.3 Å². The number of Topliss-reactive ketones (excluding diaryl/α,β-unsaturated/α-hetero) is 1. The van der Waals surface area contributed by atoms with Gasteiger partial charge in [-0.2, -0.15) is 5.10 Å². The van der Waals surface area contributed by atoms with Crippen LogP contribution in [0.5, 0.6) is 0 Å². The summed E-state index contributed by atoms with van der Waals surface area (Å²) in [4.78, 5) is 16.2. The number of aromatic nitrogens is 3. The maximum Gasteiger partial charge on any atom is 0.166 e. The maximum absolute atomic E-state index is 15.3. The average Bonchev–Trinajstić information content (AvgIpc) is 3.05. The zero-order valence-electron chi connectivity index (χ0n) is 16.3. The molecule has 0 aliphatic rings.